The number of nitrogen functional groups attached to an aromatic ring is 1. The average molecular weight is 247 g/mol. The van der Waals surface area contributed by atoms with Gasteiger partial charge in [-0.2, -0.15) is 5.10 Å². The Labute approximate surface area is 104 Å². The summed E-state index contributed by atoms with van der Waals surface area (Å²) < 4.78 is 20.5. The molecule has 1 fully saturated rings. The third kappa shape index (κ3) is 1.81. The molecule has 1 aromatic carbocycles. The quantitative estimate of drug-likeness (QED) is 0.848. The molecule has 94 valence electrons. The minimum Gasteiger partial charge on any atom is -0.495 e. The number of ether oxygens (including phenoxy) is 1. The first-order valence-corrected chi connectivity index (χ1v) is 5.88. The molecule has 4 nitrogen and oxygen atoms in total. The molecule has 1 heterocycles. The van der Waals surface area contributed by atoms with E-state index in [-0.39, 0.29) is 5.69 Å². The number of hydrogen-bond acceptors (Lipinski definition) is 3. The number of nitrogens with two attached hydrogens (primary N) is 1. The summed E-state index contributed by atoms with van der Waals surface area (Å²) in [6, 6.07) is 4.75. The second-order valence-corrected chi connectivity index (χ2v) is 4.51. The van der Waals surface area contributed by atoms with E-state index in [1.165, 1.54) is 30.7 Å². The predicted octanol–water partition coefficient (Wildman–Crippen LogP) is 2.48. The molecule has 0 saturated heterocycles. The van der Waals surface area contributed by atoms with Crippen molar-refractivity contribution in [2.75, 3.05) is 12.8 Å². The Hall–Kier alpha value is -2.04. The maximum atomic E-state index is 13.9. The lowest BCUT2D eigenvalue weighted by Crippen LogP contribution is -2.02. The molecule has 0 amide bonds. The van der Waals surface area contributed by atoms with Crippen LogP contribution in [0.1, 0.15) is 24.5 Å². The molecule has 2 N–H and O–H groups in total. The van der Waals surface area contributed by atoms with E-state index in [0.717, 1.165) is 5.69 Å². The van der Waals surface area contributed by atoms with E-state index in [0.29, 0.717) is 17.4 Å². The molecule has 5 heteroatoms. The van der Waals surface area contributed by atoms with Crippen LogP contribution in [-0.2, 0) is 0 Å². The summed E-state index contributed by atoms with van der Waals surface area (Å²) in [7, 11) is 1.51. The van der Waals surface area contributed by atoms with Crippen molar-refractivity contribution in [3.63, 3.8) is 0 Å². The Kier molecular flexibility index (Phi) is 2.47. The van der Waals surface area contributed by atoms with Gasteiger partial charge in [-0.25, -0.2) is 9.07 Å². The smallest absolute Gasteiger partial charge is 0.151 e. The molecule has 0 atom stereocenters. The summed E-state index contributed by atoms with van der Waals surface area (Å²) in [5.41, 5.74) is 7.31. The summed E-state index contributed by atoms with van der Waals surface area (Å²) in [6.45, 7) is 0. The van der Waals surface area contributed by atoms with Crippen LogP contribution in [0, 0.1) is 5.82 Å². The SMILES string of the molecule is COc1cc(-n2ccc(C3CC3)n2)c(F)cc1N. The lowest BCUT2D eigenvalue weighted by Gasteiger charge is -2.09. The maximum absolute atomic E-state index is 13.9. The summed E-state index contributed by atoms with van der Waals surface area (Å²) in [4.78, 5) is 0. The minimum absolute atomic E-state index is 0.285. The van der Waals surface area contributed by atoms with Crippen molar-refractivity contribution in [1.29, 1.82) is 0 Å². The molecule has 1 aromatic heterocycles. The van der Waals surface area contributed by atoms with Crippen LogP contribution in [0.3, 0.4) is 0 Å². The van der Waals surface area contributed by atoms with Crippen LogP contribution in [0.4, 0.5) is 10.1 Å². The molecule has 0 unspecified atom stereocenters. The highest BCUT2D eigenvalue weighted by atomic mass is 19.1. The van der Waals surface area contributed by atoms with Crippen molar-refractivity contribution in [2.45, 2.75) is 18.8 Å². The summed E-state index contributed by atoms with van der Waals surface area (Å²) in [6.07, 6.45) is 4.11. The van der Waals surface area contributed by atoms with E-state index in [9.17, 15) is 4.39 Å². The molecule has 1 saturated carbocycles. The summed E-state index contributed by atoms with van der Waals surface area (Å²) in [5, 5.41) is 4.39. The molecule has 0 aliphatic heterocycles. The fourth-order valence-corrected chi connectivity index (χ4v) is 1.98. The molecule has 18 heavy (non-hydrogen) atoms. The average Bonchev–Trinajstić information content (AvgIpc) is 3.09. The number of aromatic nitrogens is 2. The number of halogens is 1. The molecule has 1 aliphatic rings. The first-order valence-electron chi connectivity index (χ1n) is 5.88. The highest BCUT2D eigenvalue weighted by molar-refractivity contribution is 5.58. The van der Waals surface area contributed by atoms with Crippen LogP contribution >= 0.6 is 0 Å². The van der Waals surface area contributed by atoms with Gasteiger partial charge >= 0.3 is 0 Å². The Bertz CT molecular complexity index is 590. The van der Waals surface area contributed by atoms with Gasteiger partial charge in [0.2, 0.25) is 0 Å². The van der Waals surface area contributed by atoms with Gasteiger partial charge in [0, 0.05) is 24.2 Å². The normalized spacial score (nSPS) is 14.8. The molecule has 2 aromatic rings. The van der Waals surface area contributed by atoms with Crippen LogP contribution in [0.2, 0.25) is 0 Å². The van der Waals surface area contributed by atoms with Crippen molar-refractivity contribution in [1.82, 2.24) is 9.78 Å². The van der Waals surface area contributed by atoms with Crippen molar-refractivity contribution < 1.29 is 9.13 Å². The van der Waals surface area contributed by atoms with Crippen molar-refractivity contribution in [2.24, 2.45) is 0 Å². The van der Waals surface area contributed by atoms with Crippen LogP contribution in [-0.4, -0.2) is 16.9 Å². The zero-order valence-electron chi connectivity index (χ0n) is 10.1. The van der Waals surface area contributed by atoms with Gasteiger partial charge in [-0.05, 0) is 18.9 Å². The number of rotatable bonds is 3. The van der Waals surface area contributed by atoms with Gasteiger partial charge in [0.1, 0.15) is 11.4 Å². The first kappa shape index (κ1) is 11.1. The van der Waals surface area contributed by atoms with Crippen LogP contribution in [0.5, 0.6) is 5.75 Å². The van der Waals surface area contributed by atoms with Gasteiger partial charge in [0.15, 0.2) is 5.82 Å². The molecule has 0 spiro atoms. The van der Waals surface area contributed by atoms with Crippen molar-refractivity contribution >= 4 is 5.69 Å². The molecular weight excluding hydrogens is 233 g/mol. The second kappa shape index (κ2) is 4.01. The Morgan fingerprint density at radius 1 is 1.44 bits per heavy atom. The van der Waals surface area contributed by atoms with E-state index in [1.54, 1.807) is 12.3 Å². The molecule has 0 bridgehead atoms. The fraction of sp³-hybridized carbons (Fsp3) is 0.308. The Balaban J connectivity index is 2.03. The maximum Gasteiger partial charge on any atom is 0.151 e. The third-order valence-corrected chi connectivity index (χ3v) is 3.15. The van der Waals surface area contributed by atoms with Crippen LogP contribution in [0.15, 0.2) is 24.4 Å². The number of anilines is 1. The lowest BCUT2D eigenvalue weighted by molar-refractivity contribution is 0.415. The predicted molar refractivity (Wildman–Crippen MR) is 66.5 cm³/mol. The van der Waals surface area contributed by atoms with Gasteiger partial charge in [-0.3, -0.25) is 0 Å². The van der Waals surface area contributed by atoms with E-state index in [4.69, 9.17) is 10.5 Å². The lowest BCUT2D eigenvalue weighted by atomic mass is 10.2. The zero-order valence-corrected chi connectivity index (χ0v) is 10.1. The Morgan fingerprint density at radius 3 is 2.89 bits per heavy atom. The highest BCUT2D eigenvalue weighted by Crippen LogP contribution is 2.39. The largest absolute Gasteiger partial charge is 0.495 e. The van der Waals surface area contributed by atoms with Gasteiger partial charge in [0.05, 0.1) is 18.5 Å². The fourth-order valence-electron chi connectivity index (χ4n) is 1.98. The number of methoxy groups -OCH3 is 1. The molecular formula is C13H14FN3O. The standard InChI is InChI=1S/C13H14FN3O/c1-18-13-7-12(9(14)6-10(13)15)17-5-4-11(16-17)8-2-3-8/h4-8H,2-3,15H2,1H3. The van der Waals surface area contributed by atoms with Gasteiger partial charge < -0.3 is 10.5 Å². The van der Waals surface area contributed by atoms with E-state index < -0.39 is 5.82 Å². The van der Waals surface area contributed by atoms with Gasteiger partial charge in [-0.1, -0.05) is 0 Å². The van der Waals surface area contributed by atoms with Crippen molar-refractivity contribution in [3.8, 4) is 11.4 Å². The number of hydrogen-bond donors (Lipinski definition) is 1. The molecule has 0 radical (unpaired) electrons. The second-order valence-electron chi connectivity index (χ2n) is 4.51. The summed E-state index contributed by atoms with van der Waals surface area (Å²) in [5.74, 6) is 0.596. The summed E-state index contributed by atoms with van der Waals surface area (Å²) >= 11 is 0. The molecule has 3 rings (SSSR count). The zero-order chi connectivity index (χ0) is 12.7. The topological polar surface area (TPSA) is 53.1 Å². The number of benzene rings is 1. The highest BCUT2D eigenvalue weighted by Gasteiger charge is 2.26. The van der Waals surface area contributed by atoms with Gasteiger partial charge in [0.25, 0.3) is 0 Å². The third-order valence-electron chi connectivity index (χ3n) is 3.15. The van der Waals surface area contributed by atoms with E-state index in [2.05, 4.69) is 5.10 Å². The van der Waals surface area contributed by atoms with Crippen LogP contribution < -0.4 is 10.5 Å². The van der Waals surface area contributed by atoms with Gasteiger partial charge in [-0.15, -0.1) is 0 Å². The minimum atomic E-state index is -0.404. The first-order chi connectivity index (χ1) is 8.69. The van der Waals surface area contributed by atoms with Crippen molar-refractivity contribution in [3.05, 3.63) is 35.9 Å². The Morgan fingerprint density at radius 2 is 2.22 bits per heavy atom. The molecule has 1 aliphatic carbocycles. The number of nitrogens with zero attached hydrogens (tertiary/aromatic N) is 2. The van der Waals surface area contributed by atoms with Crippen LogP contribution in [0.25, 0.3) is 5.69 Å². The monoisotopic (exact) mass is 247 g/mol. The van der Waals surface area contributed by atoms with E-state index >= 15 is 0 Å². The van der Waals surface area contributed by atoms with E-state index in [1.807, 2.05) is 6.07 Å².